The van der Waals surface area contributed by atoms with Gasteiger partial charge in [0.1, 0.15) is 24.4 Å². The second-order valence-corrected chi connectivity index (χ2v) is 16.5. The van der Waals surface area contributed by atoms with Crippen LogP contribution in [0.2, 0.25) is 0 Å². The monoisotopic (exact) mass is 763 g/mol. The van der Waals surface area contributed by atoms with Crippen molar-refractivity contribution in [2.24, 2.45) is 29.4 Å². The number of ketones is 1. The van der Waals surface area contributed by atoms with Crippen molar-refractivity contribution in [1.29, 1.82) is 0 Å². The lowest BCUT2D eigenvalue weighted by molar-refractivity contribution is -0.254. The Hall–Kier alpha value is -2.65. The highest BCUT2D eigenvalue weighted by Crippen LogP contribution is 2.45. The third-order valence-corrected chi connectivity index (χ3v) is 11.8. The van der Waals surface area contributed by atoms with E-state index in [0.29, 0.717) is 32.1 Å². The van der Waals surface area contributed by atoms with Crippen LogP contribution < -0.4 is 5.73 Å². The molecule has 0 aromatic rings. The van der Waals surface area contributed by atoms with Gasteiger partial charge < -0.3 is 49.5 Å². The number of epoxide rings is 1. The van der Waals surface area contributed by atoms with Crippen LogP contribution in [0.3, 0.4) is 0 Å². The summed E-state index contributed by atoms with van der Waals surface area (Å²) >= 11 is 0. The molecule has 5 N–H and O–H groups in total. The summed E-state index contributed by atoms with van der Waals surface area (Å²) in [4.78, 5) is 37.8. The number of cyclic esters (lactones) is 1. The zero-order valence-corrected chi connectivity index (χ0v) is 33.6. The summed E-state index contributed by atoms with van der Waals surface area (Å²) in [5.41, 5.74) is 6.26. The first-order valence-electron chi connectivity index (χ1n) is 19.7. The topological polar surface area (TPSA) is 197 Å². The molecule has 4 aliphatic rings. The molecule has 4 rings (SSSR count). The number of aliphatic hydroxyl groups excluding tert-OH is 2. The SMILES string of the molecule is CCC(=O)C1(C)OC1C(C)CC(C)C1OC(=O)CC2(O)CC=C(C)C(O2)/C(C)=C/CCCC(OC2CC(OC(N)=O)C(O)C(C)O2)/C=C\C(C)C(O)C1C. The molecule has 0 radical (unpaired) electrons. The van der Waals surface area contributed by atoms with Gasteiger partial charge >= 0.3 is 12.1 Å². The summed E-state index contributed by atoms with van der Waals surface area (Å²) in [6, 6.07) is 0. The van der Waals surface area contributed by atoms with Crippen molar-refractivity contribution >= 4 is 17.8 Å². The maximum absolute atomic E-state index is 13.7. The second kappa shape index (κ2) is 18.5. The quantitative estimate of drug-likeness (QED) is 0.137. The number of carbonyl (C=O) groups excluding carboxylic acids is 3. The van der Waals surface area contributed by atoms with E-state index in [0.717, 1.165) is 11.1 Å². The highest BCUT2D eigenvalue weighted by Gasteiger charge is 2.59. The Morgan fingerprint density at radius 3 is 2.39 bits per heavy atom. The minimum atomic E-state index is -1.77. The largest absolute Gasteiger partial charge is 0.462 e. The number of esters is 1. The van der Waals surface area contributed by atoms with Crippen molar-refractivity contribution in [2.45, 2.75) is 180 Å². The smallest absolute Gasteiger partial charge is 0.404 e. The third kappa shape index (κ3) is 11.0. The molecule has 0 aromatic carbocycles. The number of ether oxygens (including phenoxy) is 6. The summed E-state index contributed by atoms with van der Waals surface area (Å²) in [5.74, 6) is -3.55. The average Bonchev–Trinajstić information content (AvgIpc) is 3.81. The van der Waals surface area contributed by atoms with E-state index in [1.165, 1.54) is 0 Å². The van der Waals surface area contributed by atoms with Crippen LogP contribution in [-0.4, -0.2) is 99.7 Å². The summed E-state index contributed by atoms with van der Waals surface area (Å²) < 4.78 is 35.8. The Labute approximate surface area is 320 Å². The number of hydrogen-bond acceptors (Lipinski definition) is 12. The molecular formula is C41H65NO12. The summed E-state index contributed by atoms with van der Waals surface area (Å²) in [7, 11) is 0. The van der Waals surface area contributed by atoms with Gasteiger partial charge in [-0.3, -0.25) is 9.59 Å². The Bertz CT molecular complexity index is 1410. The van der Waals surface area contributed by atoms with Crippen LogP contribution in [0.1, 0.15) is 114 Å². The molecule has 15 unspecified atom stereocenters. The van der Waals surface area contributed by atoms with Crippen molar-refractivity contribution in [1.82, 2.24) is 0 Å². The fourth-order valence-electron chi connectivity index (χ4n) is 8.43. The van der Waals surface area contributed by atoms with E-state index in [1.54, 1.807) is 6.92 Å². The number of fused-ring (bicyclic) bond motifs is 2. The van der Waals surface area contributed by atoms with E-state index in [-0.39, 0.29) is 43.0 Å². The number of primary amides is 1. The van der Waals surface area contributed by atoms with E-state index in [1.807, 2.05) is 73.6 Å². The molecule has 13 heteroatoms. The number of aliphatic hydroxyl groups is 3. The van der Waals surface area contributed by atoms with Crippen molar-refractivity contribution in [3.05, 3.63) is 35.5 Å². The fraction of sp³-hybridized carbons (Fsp3) is 0.780. The van der Waals surface area contributed by atoms with Crippen LogP contribution >= 0.6 is 0 Å². The molecule has 2 saturated heterocycles. The van der Waals surface area contributed by atoms with Crippen molar-refractivity contribution in [3.8, 4) is 0 Å². The highest BCUT2D eigenvalue weighted by molar-refractivity contribution is 5.89. The number of nitrogens with two attached hydrogens (primary N) is 1. The van der Waals surface area contributed by atoms with Gasteiger partial charge in [-0.2, -0.15) is 0 Å². The molecule has 306 valence electrons. The van der Waals surface area contributed by atoms with Gasteiger partial charge in [-0.1, -0.05) is 58.9 Å². The first kappa shape index (κ1) is 44.1. The molecule has 54 heavy (non-hydrogen) atoms. The fourth-order valence-corrected chi connectivity index (χ4v) is 8.43. The standard InChI is InChI=1S/C41H65NO12/c1-10-31(43)40(9)38(54-40)26(6)19-25(5)37-27(7)34(45)22(2)15-16-29(50-33-20-30(51-39(42)47)35(46)28(8)49-33)14-12-11-13-23(3)36-24(4)17-18-41(48,53-36)21-32(44)52-37/h13,15-17,22,25-30,33-38,45-46,48H,10-12,14,18-21H2,1-9H3,(H2,42,47)/b16-15-,23-13+. The number of carbonyl (C=O) groups is 3. The van der Waals surface area contributed by atoms with Gasteiger partial charge in [0.2, 0.25) is 0 Å². The maximum Gasteiger partial charge on any atom is 0.404 e. The second-order valence-electron chi connectivity index (χ2n) is 16.5. The predicted molar refractivity (Wildman–Crippen MR) is 200 cm³/mol. The number of rotatable bonds is 9. The highest BCUT2D eigenvalue weighted by atomic mass is 16.7. The normalized spacial score (nSPS) is 42.4. The molecule has 1 amide bonds. The lowest BCUT2D eigenvalue weighted by Gasteiger charge is -2.38. The lowest BCUT2D eigenvalue weighted by Crippen LogP contribution is -2.50. The van der Waals surface area contributed by atoms with Gasteiger partial charge in [0.15, 0.2) is 23.5 Å². The van der Waals surface area contributed by atoms with Crippen LogP contribution in [0, 0.1) is 23.7 Å². The molecule has 0 aromatic heterocycles. The van der Waals surface area contributed by atoms with Gasteiger partial charge in [0, 0.05) is 31.1 Å². The Morgan fingerprint density at radius 2 is 1.72 bits per heavy atom. The van der Waals surface area contributed by atoms with E-state index in [4.69, 9.17) is 34.2 Å². The molecule has 0 spiro atoms. The van der Waals surface area contributed by atoms with E-state index < -0.39 is 84.3 Å². The van der Waals surface area contributed by atoms with Crippen LogP contribution in [0.15, 0.2) is 35.5 Å². The average molecular weight is 764 g/mol. The van der Waals surface area contributed by atoms with Gasteiger partial charge in [0.05, 0.1) is 30.8 Å². The molecule has 2 fully saturated rings. The van der Waals surface area contributed by atoms with Gasteiger partial charge in [0.25, 0.3) is 0 Å². The van der Waals surface area contributed by atoms with E-state index >= 15 is 0 Å². The van der Waals surface area contributed by atoms with Crippen molar-refractivity contribution in [2.75, 3.05) is 0 Å². The first-order chi connectivity index (χ1) is 25.3. The molecule has 15 atom stereocenters. The summed E-state index contributed by atoms with van der Waals surface area (Å²) in [6.07, 6.45) is 3.12. The zero-order chi connectivity index (χ0) is 40.1. The summed E-state index contributed by atoms with van der Waals surface area (Å²) in [6.45, 7) is 16.9. The molecule has 0 saturated carbocycles. The van der Waals surface area contributed by atoms with Crippen molar-refractivity contribution in [3.63, 3.8) is 0 Å². The van der Waals surface area contributed by atoms with Crippen LogP contribution in [0.25, 0.3) is 0 Å². The van der Waals surface area contributed by atoms with Gasteiger partial charge in [-0.15, -0.1) is 0 Å². The number of hydrogen-bond donors (Lipinski definition) is 4. The predicted octanol–water partition coefficient (Wildman–Crippen LogP) is 5.18. The zero-order valence-electron chi connectivity index (χ0n) is 33.6. The molecular weight excluding hydrogens is 698 g/mol. The minimum Gasteiger partial charge on any atom is -0.462 e. The third-order valence-electron chi connectivity index (χ3n) is 11.8. The van der Waals surface area contributed by atoms with Gasteiger partial charge in [-0.25, -0.2) is 4.79 Å². The molecule has 4 aliphatic heterocycles. The Balaban J connectivity index is 1.60. The number of allylic oxidation sites excluding steroid dienone is 1. The molecule has 4 heterocycles. The summed E-state index contributed by atoms with van der Waals surface area (Å²) in [5, 5.41) is 33.9. The Morgan fingerprint density at radius 1 is 1.04 bits per heavy atom. The minimum absolute atomic E-state index is 0.0277. The van der Waals surface area contributed by atoms with E-state index in [2.05, 4.69) is 6.08 Å². The van der Waals surface area contributed by atoms with Crippen molar-refractivity contribution < 1.29 is 58.1 Å². The van der Waals surface area contributed by atoms with Crippen LogP contribution in [0.5, 0.6) is 0 Å². The number of Topliss-reactive ketones (excluding diaryl/α,β-unsaturated/α-hetero) is 1. The molecule has 2 bridgehead atoms. The first-order valence-corrected chi connectivity index (χ1v) is 19.7. The molecule has 0 aliphatic carbocycles. The van der Waals surface area contributed by atoms with Gasteiger partial charge in [-0.05, 0) is 76.4 Å². The maximum atomic E-state index is 13.7. The molecule has 13 nitrogen and oxygen atoms in total. The van der Waals surface area contributed by atoms with Crippen LogP contribution in [-0.2, 0) is 38.0 Å². The number of amides is 1. The van der Waals surface area contributed by atoms with E-state index in [9.17, 15) is 29.7 Å². The van der Waals surface area contributed by atoms with Crippen LogP contribution in [0.4, 0.5) is 4.79 Å². The Kier molecular flexibility index (Phi) is 15.1. The lowest BCUT2D eigenvalue weighted by atomic mass is 9.79.